The van der Waals surface area contributed by atoms with Gasteiger partial charge in [-0.25, -0.2) is 9.97 Å². The van der Waals surface area contributed by atoms with Crippen molar-refractivity contribution in [3.63, 3.8) is 0 Å². The Labute approximate surface area is 315 Å². The molecule has 0 spiro atoms. The summed E-state index contributed by atoms with van der Waals surface area (Å²) in [6.45, 7) is 10.8. The molecule has 0 fully saturated rings. The maximum absolute atomic E-state index is 5.13. The average Bonchev–Trinajstić information content (AvgIpc) is 3.78. The third kappa shape index (κ3) is 5.08. The summed E-state index contributed by atoms with van der Waals surface area (Å²) >= 11 is 0. The molecule has 0 unspecified atom stereocenters. The molecule has 0 bridgehead atoms. The summed E-state index contributed by atoms with van der Waals surface area (Å²) in [7, 11) is 0. The predicted octanol–water partition coefficient (Wildman–Crippen LogP) is 9.61. The molecule has 4 heterocycles. The minimum Gasteiger partial charge on any atom is -0.280 e. The van der Waals surface area contributed by atoms with Crippen LogP contribution >= 0.6 is 0 Å². The van der Waals surface area contributed by atoms with E-state index in [4.69, 9.17) is 20.3 Å². The van der Waals surface area contributed by atoms with Gasteiger partial charge in [0.25, 0.3) is 5.95 Å². The van der Waals surface area contributed by atoms with Crippen molar-refractivity contribution in [1.29, 1.82) is 0 Å². The molecule has 0 N–H and O–H groups in total. The van der Waals surface area contributed by atoms with Crippen LogP contribution in [0, 0.1) is 27.7 Å². The van der Waals surface area contributed by atoms with Crippen molar-refractivity contribution >= 4 is 28.5 Å². The summed E-state index contributed by atoms with van der Waals surface area (Å²) in [5.41, 5.74) is 14.4. The van der Waals surface area contributed by atoms with Gasteiger partial charge >= 0.3 is 0 Å². The van der Waals surface area contributed by atoms with Gasteiger partial charge in [-0.05, 0) is 114 Å². The van der Waals surface area contributed by atoms with Gasteiger partial charge in [-0.3, -0.25) is 9.47 Å². The number of aryl methyl sites for hydroxylation is 5. The Hall–Kier alpha value is -6.41. The predicted molar refractivity (Wildman–Crippen MR) is 215 cm³/mol. The minimum absolute atomic E-state index is 0.629. The maximum atomic E-state index is 5.13. The topological polar surface area (TPSA) is 77.6 Å². The number of aromatic nitrogens is 7. The largest absolute Gasteiger partial charge is 0.280 e. The number of fused-ring (bicyclic) bond motifs is 3. The second kappa shape index (κ2) is 13.2. The zero-order valence-electron chi connectivity index (χ0n) is 31.3. The Kier molecular flexibility index (Phi) is 8.18. The van der Waals surface area contributed by atoms with Gasteiger partial charge in [-0.15, -0.1) is 0 Å². The van der Waals surface area contributed by atoms with E-state index in [2.05, 4.69) is 177 Å². The fraction of sp³-hybridized carbons (Fsp3) is 0.196. The van der Waals surface area contributed by atoms with E-state index in [1.165, 1.54) is 16.7 Å². The molecule has 1 aliphatic rings. The molecule has 0 atom stereocenters. The van der Waals surface area contributed by atoms with E-state index < -0.39 is 5.54 Å². The Balaban J connectivity index is 1.35. The molecule has 0 saturated carbocycles. The second-order valence-corrected chi connectivity index (χ2v) is 14.3. The molecule has 266 valence electrons. The summed E-state index contributed by atoms with van der Waals surface area (Å²) in [5, 5.41) is 14.4. The number of hydrogen-bond donors (Lipinski definition) is 0. The van der Waals surface area contributed by atoms with E-state index >= 15 is 0 Å². The van der Waals surface area contributed by atoms with E-state index in [0.29, 0.717) is 5.95 Å². The molecule has 8 nitrogen and oxygen atoms in total. The van der Waals surface area contributed by atoms with Crippen molar-refractivity contribution in [3.8, 4) is 5.69 Å². The van der Waals surface area contributed by atoms with E-state index in [0.717, 1.165) is 86.8 Å². The van der Waals surface area contributed by atoms with Gasteiger partial charge in [0.15, 0.2) is 5.65 Å². The number of para-hydroxylation sites is 1. The highest BCUT2D eigenvalue weighted by Crippen LogP contribution is 2.48. The van der Waals surface area contributed by atoms with Crippen LogP contribution in [0.5, 0.6) is 0 Å². The molecule has 54 heavy (non-hydrogen) atoms. The number of anilines is 3. The zero-order valence-corrected chi connectivity index (χ0v) is 31.3. The van der Waals surface area contributed by atoms with Crippen LogP contribution in [0.1, 0.15) is 62.9 Å². The van der Waals surface area contributed by atoms with Crippen molar-refractivity contribution in [2.24, 2.45) is 0 Å². The van der Waals surface area contributed by atoms with Gasteiger partial charge in [0.2, 0.25) is 0 Å². The van der Waals surface area contributed by atoms with Crippen molar-refractivity contribution in [2.75, 3.05) is 4.90 Å². The van der Waals surface area contributed by atoms with E-state index in [9.17, 15) is 0 Å². The van der Waals surface area contributed by atoms with E-state index in [-0.39, 0.29) is 0 Å². The summed E-state index contributed by atoms with van der Waals surface area (Å²) in [6, 6.07) is 44.9. The fourth-order valence-corrected chi connectivity index (χ4v) is 8.72. The number of rotatable bonds is 7. The van der Waals surface area contributed by atoms with Crippen molar-refractivity contribution in [3.05, 3.63) is 183 Å². The van der Waals surface area contributed by atoms with Crippen molar-refractivity contribution in [2.45, 2.75) is 59.4 Å². The zero-order chi connectivity index (χ0) is 37.0. The smallest absolute Gasteiger partial charge is 0.256 e. The number of pyridine rings is 1. The molecule has 1 aliphatic heterocycles. The number of hydrogen-bond acceptors (Lipinski definition) is 6. The molecule has 5 aromatic carbocycles. The highest BCUT2D eigenvalue weighted by atomic mass is 15.6. The third-order valence-electron chi connectivity index (χ3n) is 11.1. The quantitative estimate of drug-likeness (QED) is 0.154. The minimum atomic E-state index is -0.902. The molecule has 0 amide bonds. The lowest BCUT2D eigenvalue weighted by Crippen LogP contribution is -2.40. The summed E-state index contributed by atoms with van der Waals surface area (Å²) in [4.78, 5) is 12.5. The van der Waals surface area contributed by atoms with Gasteiger partial charge in [0.05, 0.1) is 17.1 Å². The van der Waals surface area contributed by atoms with Gasteiger partial charge in [-0.2, -0.15) is 4.68 Å². The molecule has 3 aromatic heterocycles. The van der Waals surface area contributed by atoms with Crippen LogP contribution in [0.15, 0.2) is 127 Å². The lowest BCUT2D eigenvalue weighted by molar-refractivity contribution is 0.449. The standard InChI is InChI=1S/C46H42N8/c1-6-41-48-42-30(2)28-32(4)47-44(42)53(41)43-31(3)29-40-38(33(43)5)27-26-34-18-16-17-25-39(34)52(40)45-49-50-51-54(45)46(35-19-10-7-11-20-35,36-21-12-8-13-22-36)37-23-14-9-15-24-37/h7-25,28-29H,6,26-27H2,1-5H3. The van der Waals surface area contributed by atoms with Crippen molar-refractivity contribution in [1.82, 2.24) is 34.7 Å². The van der Waals surface area contributed by atoms with Crippen LogP contribution in [0.2, 0.25) is 0 Å². The second-order valence-electron chi connectivity index (χ2n) is 14.3. The lowest BCUT2D eigenvalue weighted by Gasteiger charge is -2.38. The Morgan fingerprint density at radius 3 is 1.89 bits per heavy atom. The number of nitrogens with zero attached hydrogens (tertiary/aromatic N) is 8. The molecule has 8 aromatic rings. The van der Waals surface area contributed by atoms with Gasteiger partial charge in [-0.1, -0.05) is 121 Å². The molecule has 0 radical (unpaired) electrons. The van der Waals surface area contributed by atoms with Gasteiger partial charge in [0.1, 0.15) is 16.9 Å². The molecule has 0 saturated heterocycles. The van der Waals surface area contributed by atoms with Crippen LogP contribution in [-0.2, 0) is 24.8 Å². The maximum Gasteiger partial charge on any atom is 0.256 e. The fourth-order valence-electron chi connectivity index (χ4n) is 8.72. The third-order valence-corrected chi connectivity index (χ3v) is 11.1. The lowest BCUT2D eigenvalue weighted by atomic mass is 9.77. The Bertz CT molecular complexity index is 2550. The first-order valence-corrected chi connectivity index (χ1v) is 18.7. The first kappa shape index (κ1) is 33.4. The summed E-state index contributed by atoms with van der Waals surface area (Å²) < 4.78 is 4.34. The molecule has 0 aliphatic carbocycles. The van der Waals surface area contributed by atoms with Gasteiger partial charge < -0.3 is 0 Å². The normalized spacial score (nSPS) is 12.8. The summed E-state index contributed by atoms with van der Waals surface area (Å²) in [6.07, 6.45) is 2.51. The molecular weight excluding hydrogens is 665 g/mol. The number of imidazole rings is 1. The first-order valence-electron chi connectivity index (χ1n) is 18.7. The van der Waals surface area contributed by atoms with Crippen LogP contribution in [0.25, 0.3) is 16.9 Å². The molecule has 9 rings (SSSR count). The van der Waals surface area contributed by atoms with Crippen LogP contribution in [0.4, 0.5) is 17.3 Å². The van der Waals surface area contributed by atoms with Crippen molar-refractivity contribution < 1.29 is 0 Å². The van der Waals surface area contributed by atoms with Gasteiger partial charge in [0, 0.05) is 12.1 Å². The summed E-state index contributed by atoms with van der Waals surface area (Å²) in [5.74, 6) is 1.64. The molecular formula is C46H42N8. The highest BCUT2D eigenvalue weighted by Gasteiger charge is 2.43. The SMILES string of the molecule is CCc1nc2c(C)cc(C)nc2n1-c1c(C)cc2c(c1C)CCc1ccccc1N2c1nnnn1C(c1ccccc1)(c1ccccc1)c1ccccc1. The monoisotopic (exact) mass is 706 g/mol. The molecule has 8 heteroatoms. The first-order chi connectivity index (χ1) is 26.4. The van der Waals surface area contributed by atoms with Crippen LogP contribution in [-0.4, -0.2) is 34.7 Å². The number of benzene rings is 5. The average molecular weight is 707 g/mol. The van der Waals surface area contributed by atoms with Crippen LogP contribution < -0.4 is 4.90 Å². The Morgan fingerprint density at radius 1 is 0.648 bits per heavy atom. The Morgan fingerprint density at radius 2 is 1.26 bits per heavy atom. The number of tetrazole rings is 1. The highest BCUT2D eigenvalue weighted by molar-refractivity contribution is 5.84. The van der Waals surface area contributed by atoms with E-state index in [1.807, 2.05) is 4.68 Å². The van der Waals surface area contributed by atoms with Crippen LogP contribution in [0.3, 0.4) is 0 Å². The van der Waals surface area contributed by atoms with E-state index in [1.54, 1.807) is 0 Å².